The average Bonchev–Trinajstić information content (AvgIpc) is 2.14. The van der Waals surface area contributed by atoms with Crippen molar-refractivity contribution in [1.29, 1.82) is 0 Å². The van der Waals surface area contributed by atoms with Crippen LogP contribution in [0.2, 0.25) is 11.6 Å². The van der Waals surface area contributed by atoms with Gasteiger partial charge in [0.2, 0.25) is 0 Å². The number of allylic oxidation sites excluding steroid dienone is 1. The fraction of sp³-hybridized carbons (Fsp3) is 0.875. The summed E-state index contributed by atoms with van der Waals surface area (Å²) in [4.78, 5) is 1.06. The highest BCUT2D eigenvalue weighted by Gasteiger charge is 2.34. The van der Waals surface area contributed by atoms with Crippen LogP contribution < -0.4 is 0 Å². The zero-order chi connectivity index (χ0) is 14.7. The van der Waals surface area contributed by atoms with Gasteiger partial charge in [-0.1, -0.05) is 91.9 Å². The first kappa shape index (κ1) is 18.1. The molecule has 0 saturated carbocycles. The first-order chi connectivity index (χ1) is 7.97. The fourth-order valence-corrected chi connectivity index (χ4v) is 3.05. The van der Waals surface area contributed by atoms with E-state index in [9.17, 15) is 0 Å². The van der Waals surface area contributed by atoms with Crippen LogP contribution in [0, 0.1) is 17.3 Å². The molecular formula is C16H32BCl. The zero-order valence-corrected chi connectivity index (χ0v) is 14.6. The van der Waals surface area contributed by atoms with Crippen molar-refractivity contribution in [3.8, 4) is 0 Å². The van der Waals surface area contributed by atoms with E-state index in [0.717, 1.165) is 4.93 Å². The molecule has 0 aliphatic rings. The lowest BCUT2D eigenvalue weighted by molar-refractivity contribution is 0.540. The molecule has 18 heavy (non-hydrogen) atoms. The van der Waals surface area contributed by atoms with E-state index in [0.29, 0.717) is 30.2 Å². The van der Waals surface area contributed by atoms with Crippen molar-refractivity contribution in [2.45, 2.75) is 73.9 Å². The van der Waals surface area contributed by atoms with Crippen molar-refractivity contribution in [3.63, 3.8) is 0 Å². The Morgan fingerprint density at radius 1 is 0.889 bits per heavy atom. The van der Waals surface area contributed by atoms with Gasteiger partial charge in [0.25, 0.3) is 0 Å². The molecule has 0 aliphatic heterocycles. The third-order valence-electron chi connectivity index (χ3n) is 4.13. The van der Waals surface area contributed by atoms with E-state index in [-0.39, 0.29) is 5.41 Å². The summed E-state index contributed by atoms with van der Waals surface area (Å²) in [6.07, 6.45) is 2.25. The largest absolute Gasteiger partial charge is 0.196 e. The molecule has 0 rings (SSSR count). The Hall–Kier alpha value is 0.0949. The minimum atomic E-state index is 0.155. The summed E-state index contributed by atoms with van der Waals surface area (Å²) >= 11 is 6.67. The summed E-state index contributed by atoms with van der Waals surface area (Å²) in [5.41, 5.74) is 0.155. The van der Waals surface area contributed by atoms with Crippen LogP contribution in [0.4, 0.5) is 0 Å². The summed E-state index contributed by atoms with van der Waals surface area (Å²) in [5, 5.41) is 0. The first-order valence-corrected chi connectivity index (χ1v) is 7.73. The van der Waals surface area contributed by atoms with Crippen molar-refractivity contribution >= 4 is 18.3 Å². The van der Waals surface area contributed by atoms with Crippen LogP contribution in [-0.2, 0) is 0 Å². The molecular weight excluding hydrogens is 238 g/mol. The molecule has 0 amide bonds. The Labute approximate surface area is 121 Å². The quantitative estimate of drug-likeness (QED) is 0.516. The predicted octanol–water partition coefficient (Wildman–Crippen LogP) is 6.28. The van der Waals surface area contributed by atoms with Crippen LogP contribution >= 0.6 is 11.6 Å². The van der Waals surface area contributed by atoms with E-state index in [1.807, 2.05) is 0 Å². The van der Waals surface area contributed by atoms with Gasteiger partial charge in [-0.3, -0.25) is 0 Å². The zero-order valence-electron chi connectivity index (χ0n) is 13.8. The Bertz CT molecular complexity index is 259. The summed E-state index contributed by atoms with van der Waals surface area (Å²) in [6.45, 7) is 21.0. The van der Waals surface area contributed by atoms with Crippen LogP contribution in [0.3, 0.4) is 0 Å². The van der Waals surface area contributed by atoms with Gasteiger partial charge in [-0.25, -0.2) is 0 Å². The van der Waals surface area contributed by atoms with E-state index in [2.05, 4.69) is 68.4 Å². The second-order valence-electron chi connectivity index (χ2n) is 7.63. The van der Waals surface area contributed by atoms with E-state index in [4.69, 9.17) is 11.6 Å². The predicted molar refractivity (Wildman–Crippen MR) is 87.7 cm³/mol. The molecule has 2 atom stereocenters. The van der Waals surface area contributed by atoms with Crippen LogP contribution in [0.5, 0.6) is 0 Å². The van der Waals surface area contributed by atoms with E-state index < -0.39 is 0 Å². The topological polar surface area (TPSA) is 0 Å². The van der Waals surface area contributed by atoms with Crippen LogP contribution in [0.15, 0.2) is 11.0 Å². The van der Waals surface area contributed by atoms with E-state index in [1.54, 1.807) is 0 Å². The monoisotopic (exact) mass is 270 g/mol. The molecule has 0 fully saturated rings. The fourth-order valence-electron chi connectivity index (χ4n) is 2.32. The van der Waals surface area contributed by atoms with Gasteiger partial charge in [-0.15, -0.1) is 11.6 Å². The molecule has 0 aromatic rings. The lowest BCUT2D eigenvalue weighted by Crippen LogP contribution is -2.31. The number of hydrogen-bond acceptors (Lipinski definition) is 0. The number of halogens is 1. The van der Waals surface area contributed by atoms with Crippen molar-refractivity contribution in [2.75, 3.05) is 0 Å². The molecule has 0 spiro atoms. The Morgan fingerprint density at radius 3 is 1.44 bits per heavy atom. The maximum absolute atomic E-state index is 6.67. The van der Waals surface area contributed by atoms with Crippen LogP contribution in [0.1, 0.15) is 62.3 Å². The highest BCUT2D eigenvalue weighted by atomic mass is 35.5. The maximum Gasteiger partial charge on any atom is 0.196 e. The molecule has 2 unspecified atom stereocenters. The minimum Gasteiger partial charge on any atom is -0.100 e. The lowest BCUT2D eigenvalue weighted by Gasteiger charge is -2.32. The number of hydrogen-bond donors (Lipinski definition) is 0. The Morgan fingerprint density at radius 2 is 1.22 bits per heavy atom. The van der Waals surface area contributed by atoms with E-state index in [1.165, 1.54) is 0 Å². The normalized spacial score (nSPS) is 17.2. The molecule has 0 N–H and O–H groups in total. The van der Waals surface area contributed by atoms with Crippen molar-refractivity contribution < 1.29 is 0 Å². The van der Waals surface area contributed by atoms with Crippen molar-refractivity contribution in [1.82, 2.24) is 0 Å². The smallest absolute Gasteiger partial charge is 0.100 e. The molecule has 106 valence electrons. The summed E-state index contributed by atoms with van der Waals surface area (Å²) in [6, 6.07) is 0. The standard InChI is InChI=1S/C16H32BCl/c1-11(2)13(5)17(14(6)12(3)4)15(18)10-16(7,8)9/h10-14H,1-9H3/b15-10+. The molecule has 0 bridgehead atoms. The van der Waals surface area contributed by atoms with Crippen molar-refractivity contribution in [2.24, 2.45) is 17.3 Å². The molecule has 0 aromatic carbocycles. The molecule has 0 saturated heterocycles. The maximum atomic E-state index is 6.67. The Kier molecular flexibility index (Phi) is 7.07. The number of rotatable bonds is 5. The third kappa shape index (κ3) is 5.82. The summed E-state index contributed by atoms with van der Waals surface area (Å²) in [5.74, 6) is 2.57. The molecule has 0 heterocycles. The molecule has 0 nitrogen and oxygen atoms in total. The highest BCUT2D eigenvalue weighted by molar-refractivity contribution is 6.80. The molecule has 2 heteroatoms. The summed E-state index contributed by atoms with van der Waals surface area (Å²) < 4.78 is 0. The Balaban J connectivity index is 5.29. The van der Waals surface area contributed by atoms with Gasteiger partial charge in [-0.05, 0) is 10.3 Å². The van der Waals surface area contributed by atoms with Crippen LogP contribution in [0.25, 0.3) is 0 Å². The molecule has 0 aliphatic carbocycles. The second kappa shape index (κ2) is 7.03. The van der Waals surface area contributed by atoms with Gasteiger partial charge < -0.3 is 0 Å². The van der Waals surface area contributed by atoms with E-state index >= 15 is 0 Å². The third-order valence-corrected chi connectivity index (χ3v) is 4.49. The summed E-state index contributed by atoms with van der Waals surface area (Å²) in [7, 11) is 0. The first-order valence-electron chi connectivity index (χ1n) is 7.35. The van der Waals surface area contributed by atoms with Gasteiger partial charge in [-0.2, -0.15) is 0 Å². The lowest BCUT2D eigenvalue weighted by atomic mass is 9.31. The van der Waals surface area contributed by atoms with Gasteiger partial charge in [0.15, 0.2) is 6.71 Å². The highest BCUT2D eigenvalue weighted by Crippen LogP contribution is 2.38. The van der Waals surface area contributed by atoms with Gasteiger partial charge in [0, 0.05) is 0 Å². The SMILES string of the molecule is CC(C)C(C)B(/C(Cl)=C\C(C)(C)C)C(C)C(C)C. The van der Waals surface area contributed by atoms with Gasteiger partial charge >= 0.3 is 0 Å². The average molecular weight is 271 g/mol. The second-order valence-corrected chi connectivity index (χ2v) is 8.06. The van der Waals surface area contributed by atoms with Gasteiger partial charge in [0.05, 0.1) is 0 Å². The van der Waals surface area contributed by atoms with Gasteiger partial charge in [0.1, 0.15) is 0 Å². The van der Waals surface area contributed by atoms with Crippen molar-refractivity contribution in [3.05, 3.63) is 11.0 Å². The molecule has 0 aromatic heterocycles. The minimum absolute atomic E-state index is 0.155. The van der Waals surface area contributed by atoms with Crippen LogP contribution in [-0.4, -0.2) is 6.71 Å². The molecule has 0 radical (unpaired) electrons.